The van der Waals surface area contributed by atoms with Gasteiger partial charge in [-0.15, -0.1) is 11.3 Å². The van der Waals surface area contributed by atoms with Gasteiger partial charge in [-0.05, 0) is 50.5 Å². The Bertz CT molecular complexity index is 1240. The molecule has 7 heteroatoms. The van der Waals surface area contributed by atoms with Gasteiger partial charge in [0.1, 0.15) is 5.75 Å². The Kier molecular flexibility index (Phi) is 4.75. The number of carbonyl (C=O) groups excluding carboxylic acids is 1. The van der Waals surface area contributed by atoms with E-state index in [1.54, 1.807) is 11.3 Å². The van der Waals surface area contributed by atoms with Gasteiger partial charge >= 0.3 is 0 Å². The van der Waals surface area contributed by atoms with E-state index in [-0.39, 0.29) is 18.6 Å². The molecule has 1 aromatic heterocycles. The molecule has 5 rings (SSSR count). The molecule has 6 nitrogen and oxygen atoms in total. The molecule has 30 heavy (non-hydrogen) atoms. The van der Waals surface area contributed by atoms with Crippen LogP contribution >= 0.6 is 11.3 Å². The molecule has 0 saturated carbocycles. The second kappa shape index (κ2) is 7.57. The predicted octanol–water partition coefficient (Wildman–Crippen LogP) is 4.06. The van der Waals surface area contributed by atoms with E-state index in [2.05, 4.69) is 48.8 Å². The van der Waals surface area contributed by atoms with Crippen LogP contribution in [0.2, 0.25) is 0 Å². The number of anilines is 1. The smallest absolute Gasteiger partial charge is 0.262 e. The van der Waals surface area contributed by atoms with Gasteiger partial charge in [0, 0.05) is 22.5 Å². The van der Waals surface area contributed by atoms with E-state index in [1.165, 1.54) is 11.1 Å². The van der Waals surface area contributed by atoms with Gasteiger partial charge in [-0.25, -0.2) is 4.68 Å². The van der Waals surface area contributed by atoms with Crippen LogP contribution in [0.25, 0.3) is 11.3 Å². The first-order chi connectivity index (χ1) is 14.6. The number of benzene rings is 2. The first kappa shape index (κ1) is 18.8. The van der Waals surface area contributed by atoms with E-state index < -0.39 is 0 Å². The third-order valence-corrected chi connectivity index (χ3v) is 5.97. The summed E-state index contributed by atoms with van der Waals surface area (Å²) in [5, 5.41) is 10.0. The molecule has 2 heterocycles. The van der Waals surface area contributed by atoms with Crippen molar-refractivity contribution in [2.75, 3.05) is 11.9 Å². The summed E-state index contributed by atoms with van der Waals surface area (Å²) in [5.74, 6) is 0.541. The van der Waals surface area contributed by atoms with E-state index >= 15 is 0 Å². The molecule has 0 atom stereocenters. The number of nitrogens with one attached hydrogen (secondary N) is 1. The fourth-order valence-corrected chi connectivity index (χ4v) is 4.74. The summed E-state index contributed by atoms with van der Waals surface area (Å²) in [6.45, 7) is 4.18. The van der Waals surface area contributed by atoms with Gasteiger partial charge in [0.05, 0.1) is 17.1 Å². The van der Waals surface area contributed by atoms with Crippen LogP contribution in [0.15, 0.2) is 57.9 Å². The van der Waals surface area contributed by atoms with Gasteiger partial charge in [-0.1, -0.05) is 24.3 Å². The van der Waals surface area contributed by atoms with Crippen LogP contribution in [0.3, 0.4) is 0 Å². The molecule has 2 aliphatic rings. The number of fused-ring (bicyclic) bond motifs is 2. The Morgan fingerprint density at radius 2 is 2.03 bits per heavy atom. The lowest BCUT2D eigenvalue weighted by Crippen LogP contribution is -2.25. The first-order valence-electron chi connectivity index (χ1n) is 10.1. The Balaban J connectivity index is 1.65. The minimum Gasteiger partial charge on any atom is -0.482 e. The second-order valence-corrected chi connectivity index (χ2v) is 8.53. The average molecular weight is 419 g/mol. The Hall–Kier alpha value is -3.19. The van der Waals surface area contributed by atoms with Crippen LogP contribution in [0, 0.1) is 0 Å². The molecule has 0 unspecified atom stereocenters. The quantitative estimate of drug-likeness (QED) is 0.697. The van der Waals surface area contributed by atoms with Gasteiger partial charge in [0.15, 0.2) is 6.61 Å². The number of carbonyl (C=O) groups is 1. The normalized spacial score (nSPS) is 17.1. The summed E-state index contributed by atoms with van der Waals surface area (Å²) in [6, 6.07) is 14.4. The number of hydrogen-bond donors (Lipinski definition) is 1. The number of aryl methyl sites for hydroxylation is 1. The third kappa shape index (κ3) is 3.45. The number of nitrogens with zero attached hydrogens (tertiary/aromatic N) is 3. The van der Waals surface area contributed by atoms with Crippen molar-refractivity contribution >= 4 is 28.6 Å². The van der Waals surface area contributed by atoms with Gasteiger partial charge in [0.25, 0.3) is 5.91 Å². The highest BCUT2D eigenvalue weighted by atomic mass is 32.1. The average Bonchev–Trinajstić information content (AvgIpc) is 3.32. The van der Waals surface area contributed by atoms with E-state index in [0.717, 1.165) is 34.6 Å². The third-order valence-electron chi connectivity index (χ3n) is 5.14. The zero-order valence-electron chi connectivity index (χ0n) is 16.9. The van der Waals surface area contributed by atoms with Crippen molar-refractivity contribution in [2.45, 2.75) is 32.7 Å². The van der Waals surface area contributed by atoms with Crippen molar-refractivity contribution < 1.29 is 9.53 Å². The minimum absolute atomic E-state index is 0.0509. The molecule has 1 aliphatic heterocycles. The van der Waals surface area contributed by atoms with E-state index in [9.17, 15) is 4.79 Å². The molecule has 0 saturated heterocycles. The zero-order chi connectivity index (χ0) is 20.7. The van der Waals surface area contributed by atoms with Crippen molar-refractivity contribution in [3.8, 4) is 17.0 Å². The summed E-state index contributed by atoms with van der Waals surface area (Å²) in [4.78, 5) is 17.4. The molecule has 0 bridgehead atoms. The molecular formula is C23H22N4O2S. The summed E-state index contributed by atoms with van der Waals surface area (Å²) < 4.78 is 7.44. The van der Waals surface area contributed by atoms with Crippen LogP contribution in [-0.4, -0.2) is 28.9 Å². The van der Waals surface area contributed by atoms with Crippen molar-refractivity contribution in [2.24, 2.45) is 10.1 Å². The zero-order valence-corrected chi connectivity index (χ0v) is 17.7. The summed E-state index contributed by atoms with van der Waals surface area (Å²) >= 11 is 1.57. The highest BCUT2D eigenvalue weighted by Gasteiger charge is 2.20. The SMILES string of the molecule is CC(C)N=c1scc(-c2ccc3c(c2)NC(=O)CO3)n1N=C1CCc2ccccc21. The van der Waals surface area contributed by atoms with Gasteiger partial charge in [-0.3, -0.25) is 9.79 Å². The number of amides is 1. The molecule has 1 N–H and O–H groups in total. The van der Waals surface area contributed by atoms with Crippen molar-refractivity contribution in [3.63, 3.8) is 0 Å². The van der Waals surface area contributed by atoms with Crippen molar-refractivity contribution in [1.82, 2.24) is 4.68 Å². The van der Waals surface area contributed by atoms with Crippen LogP contribution in [0.4, 0.5) is 5.69 Å². The van der Waals surface area contributed by atoms with Crippen molar-refractivity contribution in [3.05, 3.63) is 63.8 Å². The molecule has 3 aromatic rings. The Morgan fingerprint density at radius 3 is 2.90 bits per heavy atom. The topological polar surface area (TPSA) is 68.0 Å². The highest BCUT2D eigenvalue weighted by Crippen LogP contribution is 2.33. The van der Waals surface area contributed by atoms with Gasteiger partial charge < -0.3 is 10.1 Å². The summed E-state index contributed by atoms with van der Waals surface area (Å²) in [5.41, 5.74) is 6.21. The molecule has 1 amide bonds. The van der Waals surface area contributed by atoms with E-state index in [0.29, 0.717) is 11.4 Å². The molecule has 0 radical (unpaired) electrons. The number of ether oxygens (including phenoxy) is 1. The molecule has 2 aromatic carbocycles. The Labute approximate surface area is 178 Å². The Morgan fingerprint density at radius 1 is 1.17 bits per heavy atom. The maximum Gasteiger partial charge on any atom is 0.262 e. The van der Waals surface area contributed by atoms with Crippen LogP contribution < -0.4 is 14.9 Å². The number of hydrogen-bond acceptors (Lipinski definition) is 5. The molecule has 152 valence electrons. The monoisotopic (exact) mass is 418 g/mol. The maximum atomic E-state index is 11.7. The fourth-order valence-electron chi connectivity index (χ4n) is 3.78. The van der Waals surface area contributed by atoms with Crippen LogP contribution in [0.5, 0.6) is 5.75 Å². The number of aromatic nitrogens is 1. The largest absolute Gasteiger partial charge is 0.482 e. The molecule has 0 spiro atoms. The van der Waals surface area contributed by atoms with E-state index in [4.69, 9.17) is 14.8 Å². The van der Waals surface area contributed by atoms with Crippen LogP contribution in [0.1, 0.15) is 31.4 Å². The standard InChI is InChI=1S/C23H22N4O2S/c1-14(2)24-23-27(26-18-9-7-15-5-3-4-6-17(15)18)20(13-30-23)16-8-10-21-19(11-16)25-22(28)12-29-21/h3-6,8,10-11,13-14H,7,9,12H2,1-2H3,(H,25,28). The molecular weight excluding hydrogens is 396 g/mol. The fraction of sp³-hybridized carbons (Fsp3) is 0.261. The number of rotatable bonds is 3. The first-order valence-corrected chi connectivity index (χ1v) is 10.9. The van der Waals surface area contributed by atoms with Gasteiger partial charge in [-0.2, -0.15) is 5.10 Å². The van der Waals surface area contributed by atoms with Crippen LogP contribution in [-0.2, 0) is 11.2 Å². The summed E-state index contributed by atoms with van der Waals surface area (Å²) in [7, 11) is 0. The summed E-state index contributed by atoms with van der Waals surface area (Å²) in [6.07, 6.45) is 1.92. The number of thiazole rings is 1. The minimum atomic E-state index is -0.142. The predicted molar refractivity (Wildman–Crippen MR) is 119 cm³/mol. The molecule has 0 fully saturated rings. The van der Waals surface area contributed by atoms with Gasteiger partial charge in [0.2, 0.25) is 4.80 Å². The highest BCUT2D eigenvalue weighted by molar-refractivity contribution is 7.07. The lowest BCUT2D eigenvalue weighted by Gasteiger charge is -2.18. The lowest BCUT2D eigenvalue weighted by atomic mass is 10.1. The second-order valence-electron chi connectivity index (χ2n) is 7.69. The maximum absolute atomic E-state index is 11.7. The van der Waals surface area contributed by atoms with Crippen molar-refractivity contribution in [1.29, 1.82) is 0 Å². The molecule has 1 aliphatic carbocycles. The lowest BCUT2D eigenvalue weighted by molar-refractivity contribution is -0.118. The van der Waals surface area contributed by atoms with E-state index in [1.807, 2.05) is 22.9 Å².